The molecule has 0 aromatic heterocycles. The summed E-state index contributed by atoms with van der Waals surface area (Å²) >= 11 is 0. The van der Waals surface area contributed by atoms with Crippen LogP contribution in [0.4, 0.5) is 0 Å². The highest BCUT2D eigenvalue weighted by Crippen LogP contribution is 2.37. The molecule has 2 fully saturated rings. The second-order valence-corrected chi connectivity index (χ2v) is 5.00. The summed E-state index contributed by atoms with van der Waals surface area (Å²) in [5, 5.41) is 12.3. The molecule has 2 saturated heterocycles. The zero-order chi connectivity index (χ0) is 11.7. The van der Waals surface area contributed by atoms with Crippen molar-refractivity contribution in [1.29, 1.82) is 5.26 Å². The molecule has 0 aliphatic carbocycles. The average molecular weight is 228 g/mol. The van der Waals surface area contributed by atoms with E-state index in [1.807, 2.05) is 12.1 Å². The summed E-state index contributed by atoms with van der Waals surface area (Å²) in [6.07, 6.45) is 5.92. The molecule has 2 unspecified atom stereocenters. The minimum absolute atomic E-state index is 0.142. The Bertz CT molecular complexity index is 444. The van der Waals surface area contributed by atoms with Crippen LogP contribution in [0.25, 0.3) is 0 Å². The Morgan fingerprint density at radius 1 is 1.24 bits per heavy atom. The van der Waals surface area contributed by atoms with Gasteiger partial charge in [-0.3, -0.25) is 5.32 Å². The molecule has 0 amide bonds. The molecule has 2 atom stereocenters. The number of hydrogen-bond donors (Lipinski definition) is 1. The van der Waals surface area contributed by atoms with Gasteiger partial charge in [-0.15, -0.1) is 0 Å². The van der Waals surface area contributed by atoms with Crippen molar-refractivity contribution in [3.63, 3.8) is 0 Å². The first kappa shape index (κ1) is 10.6. The van der Waals surface area contributed by atoms with Crippen LogP contribution in [-0.4, -0.2) is 11.8 Å². The molecule has 3 heteroatoms. The van der Waals surface area contributed by atoms with Crippen molar-refractivity contribution in [3.05, 3.63) is 29.8 Å². The second-order valence-electron chi connectivity index (χ2n) is 5.00. The molecule has 1 N–H and O–H groups in total. The van der Waals surface area contributed by atoms with Gasteiger partial charge in [-0.05, 0) is 43.5 Å². The molecular weight excluding hydrogens is 212 g/mol. The Labute approximate surface area is 101 Å². The molecule has 1 aromatic rings. The lowest BCUT2D eigenvalue weighted by atomic mass is 10.0. The first-order valence-electron chi connectivity index (χ1n) is 6.27. The predicted molar refractivity (Wildman–Crippen MR) is 64.5 cm³/mol. The Morgan fingerprint density at radius 3 is 2.82 bits per heavy atom. The lowest BCUT2D eigenvalue weighted by Gasteiger charge is -2.35. The number of benzene rings is 1. The van der Waals surface area contributed by atoms with Crippen LogP contribution in [0.2, 0.25) is 0 Å². The molecule has 88 valence electrons. The largest absolute Gasteiger partial charge is 0.473 e. The molecular formula is C14H16N2O. The van der Waals surface area contributed by atoms with Crippen LogP contribution in [0, 0.1) is 11.3 Å². The first-order valence-corrected chi connectivity index (χ1v) is 6.27. The van der Waals surface area contributed by atoms with Crippen LogP contribution in [-0.2, 0) is 0 Å². The molecule has 0 spiro atoms. The van der Waals surface area contributed by atoms with Gasteiger partial charge in [0.1, 0.15) is 5.75 Å². The SMILES string of the molecule is N#Cc1ccc(OC23CCCC(CC2)N3)cc1. The summed E-state index contributed by atoms with van der Waals surface area (Å²) in [5.41, 5.74) is 0.535. The van der Waals surface area contributed by atoms with Crippen LogP contribution in [0.5, 0.6) is 5.75 Å². The van der Waals surface area contributed by atoms with E-state index in [0.29, 0.717) is 11.6 Å². The normalized spacial score (nSPS) is 30.9. The molecule has 2 bridgehead atoms. The third-order valence-electron chi connectivity index (χ3n) is 3.79. The van der Waals surface area contributed by atoms with E-state index in [-0.39, 0.29) is 5.72 Å². The van der Waals surface area contributed by atoms with Crippen molar-refractivity contribution in [2.75, 3.05) is 0 Å². The van der Waals surface area contributed by atoms with Crippen LogP contribution in [0.1, 0.15) is 37.7 Å². The van der Waals surface area contributed by atoms with Crippen LogP contribution in [0.3, 0.4) is 0 Å². The third kappa shape index (κ3) is 2.01. The molecule has 0 radical (unpaired) electrons. The van der Waals surface area contributed by atoms with Crippen molar-refractivity contribution in [3.8, 4) is 11.8 Å². The zero-order valence-corrected chi connectivity index (χ0v) is 9.78. The van der Waals surface area contributed by atoms with Gasteiger partial charge in [0.15, 0.2) is 5.72 Å². The van der Waals surface area contributed by atoms with Crippen molar-refractivity contribution in [2.24, 2.45) is 0 Å². The van der Waals surface area contributed by atoms with E-state index in [4.69, 9.17) is 10.00 Å². The maximum absolute atomic E-state index is 8.75. The number of nitrogens with one attached hydrogen (secondary N) is 1. The summed E-state index contributed by atoms with van der Waals surface area (Å²) in [6.45, 7) is 0. The molecule has 2 aliphatic heterocycles. The number of ether oxygens (including phenoxy) is 1. The second kappa shape index (κ2) is 4.05. The standard InChI is InChI=1S/C14H16N2O/c15-10-11-3-5-13(6-4-11)17-14-8-1-2-12(16-14)7-9-14/h3-6,12,16H,1-2,7-9H2. The van der Waals surface area contributed by atoms with Gasteiger partial charge in [0.2, 0.25) is 0 Å². The monoisotopic (exact) mass is 228 g/mol. The third-order valence-corrected chi connectivity index (χ3v) is 3.79. The molecule has 2 heterocycles. The van der Waals surface area contributed by atoms with Gasteiger partial charge in [0.05, 0.1) is 11.6 Å². The predicted octanol–water partition coefficient (Wildman–Crippen LogP) is 2.57. The summed E-state index contributed by atoms with van der Waals surface area (Å²) in [7, 11) is 0. The summed E-state index contributed by atoms with van der Waals surface area (Å²) < 4.78 is 6.11. The zero-order valence-electron chi connectivity index (χ0n) is 9.78. The number of fused-ring (bicyclic) bond motifs is 2. The molecule has 1 aromatic carbocycles. The lowest BCUT2D eigenvalue weighted by Crippen LogP contribution is -2.50. The lowest BCUT2D eigenvalue weighted by molar-refractivity contribution is 0.0236. The van der Waals surface area contributed by atoms with E-state index in [0.717, 1.165) is 18.6 Å². The highest BCUT2D eigenvalue weighted by Gasteiger charge is 2.43. The highest BCUT2D eigenvalue weighted by molar-refractivity contribution is 5.34. The van der Waals surface area contributed by atoms with E-state index < -0.39 is 0 Å². The first-order chi connectivity index (χ1) is 8.30. The summed E-state index contributed by atoms with van der Waals surface area (Å²) in [5.74, 6) is 0.860. The molecule has 2 aliphatic rings. The maximum atomic E-state index is 8.75. The highest BCUT2D eigenvalue weighted by atomic mass is 16.5. The maximum Gasteiger partial charge on any atom is 0.161 e. The molecule has 3 rings (SSSR count). The van der Waals surface area contributed by atoms with Gasteiger partial charge in [-0.1, -0.05) is 0 Å². The minimum Gasteiger partial charge on any atom is -0.473 e. The van der Waals surface area contributed by atoms with E-state index in [1.165, 1.54) is 19.3 Å². The average Bonchev–Trinajstić information content (AvgIpc) is 2.65. The van der Waals surface area contributed by atoms with Crippen LogP contribution < -0.4 is 10.1 Å². The molecule has 17 heavy (non-hydrogen) atoms. The number of nitriles is 1. The van der Waals surface area contributed by atoms with Gasteiger partial charge in [0.25, 0.3) is 0 Å². The summed E-state index contributed by atoms with van der Waals surface area (Å²) in [6, 6.07) is 10.1. The Balaban J connectivity index is 1.76. The van der Waals surface area contributed by atoms with E-state index in [1.54, 1.807) is 12.1 Å². The Hall–Kier alpha value is -1.53. The number of hydrogen-bond acceptors (Lipinski definition) is 3. The fraction of sp³-hybridized carbons (Fsp3) is 0.500. The van der Waals surface area contributed by atoms with E-state index in [2.05, 4.69) is 11.4 Å². The molecule has 0 saturated carbocycles. The van der Waals surface area contributed by atoms with E-state index in [9.17, 15) is 0 Å². The fourth-order valence-corrected chi connectivity index (χ4v) is 2.93. The van der Waals surface area contributed by atoms with Gasteiger partial charge in [-0.25, -0.2) is 0 Å². The van der Waals surface area contributed by atoms with Gasteiger partial charge < -0.3 is 4.74 Å². The Kier molecular flexibility index (Phi) is 2.53. The number of nitrogens with zero attached hydrogens (tertiary/aromatic N) is 1. The van der Waals surface area contributed by atoms with Crippen molar-refractivity contribution in [1.82, 2.24) is 5.32 Å². The van der Waals surface area contributed by atoms with E-state index >= 15 is 0 Å². The quantitative estimate of drug-likeness (QED) is 0.846. The van der Waals surface area contributed by atoms with Gasteiger partial charge >= 0.3 is 0 Å². The van der Waals surface area contributed by atoms with Gasteiger partial charge in [-0.2, -0.15) is 5.26 Å². The topological polar surface area (TPSA) is 45.0 Å². The summed E-state index contributed by atoms with van der Waals surface area (Å²) in [4.78, 5) is 0. The van der Waals surface area contributed by atoms with Crippen molar-refractivity contribution >= 4 is 0 Å². The van der Waals surface area contributed by atoms with Crippen molar-refractivity contribution < 1.29 is 4.74 Å². The number of rotatable bonds is 2. The fourth-order valence-electron chi connectivity index (χ4n) is 2.93. The molecule has 3 nitrogen and oxygen atoms in total. The Morgan fingerprint density at radius 2 is 2.06 bits per heavy atom. The minimum atomic E-state index is -0.142. The number of piperidine rings is 1. The van der Waals surface area contributed by atoms with Crippen molar-refractivity contribution in [2.45, 2.75) is 43.9 Å². The smallest absolute Gasteiger partial charge is 0.161 e. The van der Waals surface area contributed by atoms with Gasteiger partial charge in [0, 0.05) is 18.9 Å². The van der Waals surface area contributed by atoms with Crippen LogP contribution in [0.15, 0.2) is 24.3 Å². The van der Waals surface area contributed by atoms with Crippen LogP contribution >= 0.6 is 0 Å².